The molecule has 1 fully saturated rings. The molecule has 0 saturated heterocycles. The van der Waals surface area contributed by atoms with Gasteiger partial charge in [-0.25, -0.2) is 0 Å². The average Bonchev–Trinajstić information content (AvgIpc) is 3.29. The van der Waals surface area contributed by atoms with E-state index in [1.807, 2.05) is 18.2 Å². The van der Waals surface area contributed by atoms with Gasteiger partial charge in [0.25, 0.3) is 0 Å². The molecule has 0 aromatic heterocycles. The number of nitriles is 1. The highest BCUT2D eigenvalue weighted by molar-refractivity contribution is 6.30. The first kappa shape index (κ1) is 15.1. The van der Waals surface area contributed by atoms with Gasteiger partial charge in [0.05, 0.1) is 12.0 Å². The van der Waals surface area contributed by atoms with Gasteiger partial charge in [-0.2, -0.15) is 5.26 Å². The van der Waals surface area contributed by atoms with Crippen molar-refractivity contribution in [3.63, 3.8) is 0 Å². The Balaban J connectivity index is 1.68. The molecule has 2 aromatic carbocycles. The molecular weight excluding hydrogens is 292 g/mol. The van der Waals surface area contributed by atoms with E-state index in [1.54, 1.807) is 0 Å². The maximum Gasteiger partial charge on any atom is 0.0659 e. The van der Waals surface area contributed by atoms with Crippen LogP contribution in [0.3, 0.4) is 0 Å². The van der Waals surface area contributed by atoms with Crippen LogP contribution in [0.5, 0.6) is 0 Å². The van der Waals surface area contributed by atoms with Gasteiger partial charge < -0.3 is 0 Å². The minimum absolute atomic E-state index is 0.253. The Morgan fingerprint density at radius 3 is 2.23 bits per heavy atom. The van der Waals surface area contributed by atoms with Gasteiger partial charge in [0, 0.05) is 24.7 Å². The first-order chi connectivity index (χ1) is 10.7. The van der Waals surface area contributed by atoms with E-state index in [2.05, 4.69) is 47.4 Å². The monoisotopic (exact) mass is 310 g/mol. The smallest absolute Gasteiger partial charge is 0.0659 e. The third-order valence-electron chi connectivity index (χ3n) is 4.15. The summed E-state index contributed by atoms with van der Waals surface area (Å²) in [7, 11) is 0. The summed E-state index contributed by atoms with van der Waals surface area (Å²) in [6.07, 6.45) is 1.04. The quantitative estimate of drug-likeness (QED) is 0.785. The fourth-order valence-corrected chi connectivity index (χ4v) is 2.94. The second kappa shape index (κ2) is 6.96. The van der Waals surface area contributed by atoms with Crippen molar-refractivity contribution in [2.45, 2.75) is 19.5 Å². The van der Waals surface area contributed by atoms with Crippen LogP contribution in [-0.4, -0.2) is 11.4 Å². The Labute approximate surface area is 136 Å². The maximum absolute atomic E-state index is 9.02. The lowest BCUT2D eigenvalue weighted by Crippen LogP contribution is -2.25. The van der Waals surface area contributed by atoms with E-state index in [9.17, 15) is 0 Å². The Morgan fingerprint density at radius 1 is 1.00 bits per heavy atom. The summed E-state index contributed by atoms with van der Waals surface area (Å²) in [5.74, 6) is 0.782. The summed E-state index contributed by atoms with van der Waals surface area (Å²) in [6.45, 7) is 2.79. The number of nitrogens with zero attached hydrogens (tertiary/aromatic N) is 2. The van der Waals surface area contributed by atoms with Gasteiger partial charge in [-0.3, -0.25) is 4.90 Å². The molecule has 2 nitrogen and oxygen atoms in total. The molecule has 0 aliphatic heterocycles. The third kappa shape index (κ3) is 4.10. The number of hydrogen-bond acceptors (Lipinski definition) is 2. The zero-order valence-corrected chi connectivity index (χ0v) is 13.2. The molecular formula is C19H19ClN2. The van der Waals surface area contributed by atoms with E-state index >= 15 is 0 Å². The minimum atomic E-state index is 0.253. The fourth-order valence-electron chi connectivity index (χ4n) is 2.81. The van der Waals surface area contributed by atoms with E-state index in [0.717, 1.165) is 31.1 Å². The molecule has 112 valence electrons. The van der Waals surface area contributed by atoms with Crippen LogP contribution in [0.1, 0.15) is 17.5 Å². The lowest BCUT2D eigenvalue weighted by atomic mass is 10.1. The summed E-state index contributed by atoms with van der Waals surface area (Å²) in [5.41, 5.74) is 2.57. The normalized spacial score (nSPS) is 19.9. The minimum Gasteiger partial charge on any atom is -0.295 e. The molecule has 0 spiro atoms. The molecule has 0 bridgehead atoms. The summed E-state index contributed by atoms with van der Waals surface area (Å²) < 4.78 is 0. The highest BCUT2D eigenvalue weighted by Gasteiger charge is 2.38. The standard InChI is InChI=1S/C19H19ClN2/c20-19-8-6-16(7-9-19)13-22(14-18-10-17(18)11-21)12-15-4-2-1-3-5-15/h1-9,17-18H,10,12-14H2. The second-order valence-electron chi connectivity index (χ2n) is 6.01. The zero-order chi connectivity index (χ0) is 15.4. The number of rotatable bonds is 6. The van der Waals surface area contributed by atoms with Gasteiger partial charge in [0.2, 0.25) is 0 Å². The first-order valence-corrected chi connectivity index (χ1v) is 8.03. The van der Waals surface area contributed by atoms with Crippen LogP contribution in [0.25, 0.3) is 0 Å². The highest BCUT2D eigenvalue weighted by atomic mass is 35.5. The molecule has 1 saturated carbocycles. The molecule has 1 aliphatic carbocycles. The Morgan fingerprint density at radius 2 is 1.64 bits per heavy atom. The van der Waals surface area contributed by atoms with E-state index in [0.29, 0.717) is 5.92 Å². The van der Waals surface area contributed by atoms with Crippen LogP contribution in [-0.2, 0) is 13.1 Å². The first-order valence-electron chi connectivity index (χ1n) is 7.65. The van der Waals surface area contributed by atoms with Crippen molar-refractivity contribution >= 4 is 11.6 Å². The molecule has 0 heterocycles. The van der Waals surface area contributed by atoms with Crippen LogP contribution in [0.2, 0.25) is 5.02 Å². The van der Waals surface area contributed by atoms with Gasteiger partial charge in [0.1, 0.15) is 0 Å². The van der Waals surface area contributed by atoms with Crippen LogP contribution < -0.4 is 0 Å². The molecule has 22 heavy (non-hydrogen) atoms. The second-order valence-corrected chi connectivity index (χ2v) is 6.45. The van der Waals surface area contributed by atoms with Crippen molar-refractivity contribution < 1.29 is 0 Å². The summed E-state index contributed by atoms with van der Waals surface area (Å²) >= 11 is 5.96. The van der Waals surface area contributed by atoms with E-state index in [1.165, 1.54) is 11.1 Å². The molecule has 2 unspecified atom stereocenters. The van der Waals surface area contributed by atoms with Gasteiger partial charge in [-0.15, -0.1) is 0 Å². The SMILES string of the molecule is N#CC1CC1CN(Cc1ccccc1)Cc1ccc(Cl)cc1. The van der Waals surface area contributed by atoms with E-state index in [-0.39, 0.29) is 5.92 Å². The summed E-state index contributed by atoms with van der Waals surface area (Å²) in [6, 6.07) is 20.9. The molecule has 2 atom stereocenters. The van der Waals surface area contributed by atoms with Crippen LogP contribution in [0, 0.1) is 23.2 Å². The molecule has 3 rings (SSSR count). The van der Waals surface area contributed by atoms with Crippen molar-refractivity contribution in [3.05, 3.63) is 70.7 Å². The van der Waals surface area contributed by atoms with E-state index in [4.69, 9.17) is 16.9 Å². The van der Waals surface area contributed by atoms with Gasteiger partial charge in [-0.05, 0) is 35.6 Å². The van der Waals surface area contributed by atoms with Crippen LogP contribution in [0.15, 0.2) is 54.6 Å². The van der Waals surface area contributed by atoms with Crippen molar-refractivity contribution in [1.82, 2.24) is 4.90 Å². The predicted molar refractivity (Wildman–Crippen MR) is 89.2 cm³/mol. The highest BCUT2D eigenvalue weighted by Crippen LogP contribution is 2.38. The van der Waals surface area contributed by atoms with Crippen LogP contribution >= 0.6 is 11.6 Å². The lowest BCUT2D eigenvalue weighted by molar-refractivity contribution is 0.243. The van der Waals surface area contributed by atoms with Gasteiger partial charge in [-0.1, -0.05) is 54.1 Å². The summed E-state index contributed by atoms with van der Waals surface area (Å²) in [4.78, 5) is 2.43. The van der Waals surface area contributed by atoms with Crippen LogP contribution in [0.4, 0.5) is 0 Å². The molecule has 3 heteroatoms. The fraction of sp³-hybridized carbons (Fsp3) is 0.316. The molecule has 0 radical (unpaired) electrons. The Kier molecular flexibility index (Phi) is 4.77. The number of hydrogen-bond donors (Lipinski definition) is 0. The number of benzene rings is 2. The zero-order valence-electron chi connectivity index (χ0n) is 12.5. The molecule has 0 N–H and O–H groups in total. The Bertz CT molecular complexity index is 645. The van der Waals surface area contributed by atoms with Crippen molar-refractivity contribution in [2.75, 3.05) is 6.54 Å². The lowest BCUT2D eigenvalue weighted by Gasteiger charge is -2.22. The molecule has 0 amide bonds. The van der Waals surface area contributed by atoms with Crippen molar-refractivity contribution in [3.8, 4) is 6.07 Å². The molecule has 1 aliphatic rings. The van der Waals surface area contributed by atoms with E-state index < -0.39 is 0 Å². The number of halogens is 1. The largest absolute Gasteiger partial charge is 0.295 e. The average molecular weight is 311 g/mol. The van der Waals surface area contributed by atoms with Gasteiger partial charge in [0.15, 0.2) is 0 Å². The Hall–Kier alpha value is -1.82. The maximum atomic E-state index is 9.02. The predicted octanol–water partition coefficient (Wildman–Crippen LogP) is 4.50. The topological polar surface area (TPSA) is 27.0 Å². The van der Waals surface area contributed by atoms with Crippen molar-refractivity contribution in [1.29, 1.82) is 5.26 Å². The summed E-state index contributed by atoms with van der Waals surface area (Å²) in [5, 5.41) is 9.78. The third-order valence-corrected chi connectivity index (χ3v) is 4.40. The molecule has 2 aromatic rings. The van der Waals surface area contributed by atoms with Gasteiger partial charge >= 0.3 is 0 Å². The van der Waals surface area contributed by atoms with Crippen molar-refractivity contribution in [2.24, 2.45) is 11.8 Å².